The maximum absolute atomic E-state index is 12.9. The number of benzene rings is 1. The summed E-state index contributed by atoms with van der Waals surface area (Å²) in [4.78, 5) is 0.0273. The van der Waals surface area contributed by atoms with Gasteiger partial charge in [0.15, 0.2) is 11.5 Å². The molecule has 0 radical (unpaired) electrons. The van der Waals surface area contributed by atoms with Gasteiger partial charge < -0.3 is 18.7 Å². The predicted octanol–water partition coefficient (Wildman–Crippen LogP) is 2.14. The third-order valence-corrected chi connectivity index (χ3v) is 7.05. The summed E-state index contributed by atoms with van der Waals surface area (Å²) < 4.78 is 47.9. The number of aromatic nitrogens is 1. The van der Waals surface area contributed by atoms with Crippen LogP contribution in [-0.2, 0) is 10.0 Å². The van der Waals surface area contributed by atoms with E-state index in [1.807, 2.05) is 0 Å². The number of methoxy groups -OCH3 is 3. The Morgan fingerprint density at radius 2 is 1.84 bits per heavy atom. The Balaban J connectivity index is 2.06. The van der Waals surface area contributed by atoms with Gasteiger partial charge in [-0.05, 0) is 6.07 Å². The van der Waals surface area contributed by atoms with E-state index in [4.69, 9.17) is 14.2 Å². The first kappa shape index (κ1) is 17.9. The van der Waals surface area contributed by atoms with Gasteiger partial charge in [0.1, 0.15) is 16.9 Å². The summed E-state index contributed by atoms with van der Waals surface area (Å²) in [6.45, 7) is 0.375. The van der Waals surface area contributed by atoms with Crippen molar-refractivity contribution in [2.45, 2.75) is 10.3 Å². The highest BCUT2D eigenvalue weighted by molar-refractivity contribution is 8.01. The van der Waals surface area contributed by atoms with E-state index < -0.39 is 15.4 Å². The van der Waals surface area contributed by atoms with Gasteiger partial charge in [-0.25, -0.2) is 8.42 Å². The summed E-state index contributed by atoms with van der Waals surface area (Å²) in [7, 11) is 0.868. The minimum Gasteiger partial charge on any atom is -0.496 e. The van der Waals surface area contributed by atoms with Crippen molar-refractivity contribution < 1.29 is 27.2 Å². The van der Waals surface area contributed by atoms with Crippen LogP contribution in [0.2, 0.25) is 0 Å². The van der Waals surface area contributed by atoms with E-state index in [-0.39, 0.29) is 4.90 Å². The molecule has 1 aliphatic rings. The Kier molecular flexibility index (Phi) is 5.11. The first-order valence-corrected chi connectivity index (χ1v) is 9.84. The second-order valence-electron chi connectivity index (χ2n) is 5.15. The van der Waals surface area contributed by atoms with Crippen LogP contribution in [-0.4, -0.2) is 51.5 Å². The molecule has 10 heteroatoms. The van der Waals surface area contributed by atoms with Crippen LogP contribution >= 0.6 is 11.8 Å². The maximum Gasteiger partial charge on any atom is 0.249 e. The van der Waals surface area contributed by atoms with Gasteiger partial charge >= 0.3 is 0 Å². The van der Waals surface area contributed by atoms with Crippen LogP contribution in [0, 0.1) is 0 Å². The number of thioether (sulfide) groups is 1. The van der Waals surface area contributed by atoms with Crippen molar-refractivity contribution in [3.63, 3.8) is 0 Å². The summed E-state index contributed by atoms with van der Waals surface area (Å²) in [5.74, 6) is 2.21. The molecule has 25 heavy (non-hydrogen) atoms. The molecule has 1 aromatic heterocycles. The topological polar surface area (TPSA) is 91.1 Å². The number of hydrogen-bond acceptors (Lipinski definition) is 8. The van der Waals surface area contributed by atoms with E-state index in [0.717, 1.165) is 6.26 Å². The normalized spacial score (nSPS) is 18.3. The highest BCUT2D eigenvalue weighted by atomic mass is 32.2. The lowest BCUT2D eigenvalue weighted by atomic mass is 10.1. The first-order valence-electron chi connectivity index (χ1n) is 7.35. The zero-order valence-corrected chi connectivity index (χ0v) is 15.6. The van der Waals surface area contributed by atoms with Gasteiger partial charge in [-0.3, -0.25) is 0 Å². The summed E-state index contributed by atoms with van der Waals surface area (Å²) >= 11 is 1.51. The molecule has 0 aliphatic carbocycles. The quantitative estimate of drug-likeness (QED) is 0.746. The first-order chi connectivity index (χ1) is 12.0. The molecule has 1 atom stereocenters. The van der Waals surface area contributed by atoms with Crippen molar-refractivity contribution in [3.8, 4) is 17.2 Å². The highest BCUT2D eigenvalue weighted by Gasteiger charge is 2.39. The van der Waals surface area contributed by atoms with E-state index in [1.165, 1.54) is 43.6 Å². The molecular weight excluding hydrogens is 368 g/mol. The summed E-state index contributed by atoms with van der Waals surface area (Å²) in [5, 5.41) is 3.04. The SMILES string of the molecule is COc1cc(OC)c(C2SCCN2S(=O)(=O)c2cnoc2)cc1OC. The van der Waals surface area contributed by atoms with Crippen molar-refractivity contribution in [1.29, 1.82) is 0 Å². The van der Waals surface area contributed by atoms with Crippen LogP contribution in [0.25, 0.3) is 0 Å². The molecule has 1 saturated heterocycles. The van der Waals surface area contributed by atoms with Crippen LogP contribution in [0.3, 0.4) is 0 Å². The number of rotatable bonds is 6. The van der Waals surface area contributed by atoms with E-state index in [0.29, 0.717) is 35.1 Å². The van der Waals surface area contributed by atoms with Crippen molar-refractivity contribution >= 4 is 21.8 Å². The van der Waals surface area contributed by atoms with Gasteiger partial charge in [0, 0.05) is 23.9 Å². The fraction of sp³-hybridized carbons (Fsp3) is 0.400. The molecular formula is C15H18N2O6S2. The van der Waals surface area contributed by atoms with Crippen LogP contribution < -0.4 is 14.2 Å². The van der Waals surface area contributed by atoms with Crippen molar-refractivity contribution in [2.24, 2.45) is 0 Å². The zero-order valence-electron chi connectivity index (χ0n) is 14.0. The molecule has 0 bridgehead atoms. The maximum atomic E-state index is 12.9. The molecule has 0 saturated carbocycles. The average molecular weight is 386 g/mol. The monoisotopic (exact) mass is 386 g/mol. The Labute approximate surface area is 150 Å². The summed E-state index contributed by atoms with van der Waals surface area (Å²) in [5.41, 5.74) is 0.697. The molecule has 2 heterocycles. The second kappa shape index (κ2) is 7.14. The Bertz CT molecular complexity index is 838. The van der Waals surface area contributed by atoms with E-state index in [2.05, 4.69) is 9.68 Å². The molecule has 2 aromatic rings. The van der Waals surface area contributed by atoms with E-state index >= 15 is 0 Å². The van der Waals surface area contributed by atoms with E-state index in [9.17, 15) is 8.42 Å². The largest absolute Gasteiger partial charge is 0.496 e. The van der Waals surface area contributed by atoms with Gasteiger partial charge in [0.25, 0.3) is 0 Å². The number of sulfonamides is 1. The molecule has 1 aliphatic heterocycles. The van der Waals surface area contributed by atoms with Crippen LogP contribution in [0.15, 0.2) is 34.0 Å². The lowest BCUT2D eigenvalue weighted by Crippen LogP contribution is -2.30. The minimum absolute atomic E-state index is 0.0273. The lowest BCUT2D eigenvalue weighted by Gasteiger charge is -2.25. The zero-order chi connectivity index (χ0) is 18.0. The average Bonchev–Trinajstić information content (AvgIpc) is 3.32. The fourth-order valence-electron chi connectivity index (χ4n) is 2.65. The molecule has 8 nitrogen and oxygen atoms in total. The molecule has 136 valence electrons. The Morgan fingerprint density at radius 3 is 2.44 bits per heavy atom. The predicted molar refractivity (Wildman–Crippen MR) is 91.7 cm³/mol. The van der Waals surface area contributed by atoms with Crippen molar-refractivity contribution in [2.75, 3.05) is 33.6 Å². The van der Waals surface area contributed by atoms with Gasteiger partial charge in [0.2, 0.25) is 10.0 Å². The Hall–Kier alpha value is -1.91. The number of nitrogens with zero attached hydrogens (tertiary/aromatic N) is 2. The molecule has 0 amide bonds. The standard InChI is InChI=1S/C15H18N2O6S2/c1-20-12-7-14(22-3)13(21-2)6-11(12)15-17(4-5-24-15)25(18,19)10-8-16-23-9-10/h6-9,15H,4-5H2,1-3H3. The molecule has 1 aromatic carbocycles. The fourth-order valence-corrected chi connectivity index (χ4v) is 5.76. The molecule has 0 spiro atoms. The molecule has 3 rings (SSSR count). The van der Waals surface area contributed by atoms with Crippen LogP contribution in [0.5, 0.6) is 17.2 Å². The Morgan fingerprint density at radius 1 is 1.16 bits per heavy atom. The molecule has 0 N–H and O–H groups in total. The summed E-state index contributed by atoms with van der Waals surface area (Å²) in [6, 6.07) is 3.44. The molecule has 1 fully saturated rings. The summed E-state index contributed by atoms with van der Waals surface area (Å²) in [6.07, 6.45) is 2.32. The lowest BCUT2D eigenvalue weighted by molar-refractivity contribution is 0.344. The number of ether oxygens (including phenoxy) is 3. The van der Waals surface area contributed by atoms with Crippen LogP contribution in [0.4, 0.5) is 0 Å². The minimum atomic E-state index is -3.72. The second-order valence-corrected chi connectivity index (χ2v) is 8.23. The van der Waals surface area contributed by atoms with Gasteiger partial charge in [-0.1, -0.05) is 5.16 Å². The van der Waals surface area contributed by atoms with Crippen molar-refractivity contribution in [3.05, 3.63) is 30.2 Å². The van der Waals surface area contributed by atoms with Crippen molar-refractivity contribution in [1.82, 2.24) is 9.46 Å². The van der Waals surface area contributed by atoms with Gasteiger partial charge in [-0.2, -0.15) is 4.31 Å². The highest BCUT2D eigenvalue weighted by Crippen LogP contribution is 2.47. The van der Waals surface area contributed by atoms with Gasteiger partial charge in [0.05, 0.1) is 32.9 Å². The third kappa shape index (κ3) is 3.16. The van der Waals surface area contributed by atoms with E-state index in [1.54, 1.807) is 12.1 Å². The van der Waals surface area contributed by atoms with Crippen LogP contribution in [0.1, 0.15) is 10.9 Å². The smallest absolute Gasteiger partial charge is 0.249 e. The third-order valence-electron chi connectivity index (χ3n) is 3.87. The number of hydrogen-bond donors (Lipinski definition) is 0. The van der Waals surface area contributed by atoms with Gasteiger partial charge in [-0.15, -0.1) is 11.8 Å². The molecule has 1 unspecified atom stereocenters.